The van der Waals surface area contributed by atoms with Crippen molar-refractivity contribution in [3.05, 3.63) is 24.3 Å². The Morgan fingerprint density at radius 2 is 1.72 bits per heavy atom. The summed E-state index contributed by atoms with van der Waals surface area (Å²) in [5.74, 6) is -1.75. The maximum Gasteiger partial charge on any atom is 0.426 e. The van der Waals surface area contributed by atoms with E-state index in [-0.39, 0.29) is 10.6 Å². The molecule has 1 unspecified atom stereocenters. The molecule has 1 aliphatic heterocycles. The number of sulfonamides is 1. The van der Waals surface area contributed by atoms with Gasteiger partial charge in [-0.25, -0.2) is 8.42 Å². The van der Waals surface area contributed by atoms with E-state index in [1.165, 1.54) is 28.6 Å². The molecule has 0 spiro atoms. The number of anilines is 1. The number of benzene rings is 1. The van der Waals surface area contributed by atoms with Gasteiger partial charge in [0.1, 0.15) is 4.90 Å². The van der Waals surface area contributed by atoms with Crippen molar-refractivity contribution in [1.29, 1.82) is 0 Å². The minimum Gasteiger partial charge on any atom is -0.373 e. The van der Waals surface area contributed by atoms with Gasteiger partial charge in [-0.05, 0) is 31.9 Å². The molecule has 10 heteroatoms. The van der Waals surface area contributed by atoms with E-state index in [1.54, 1.807) is 0 Å². The molecule has 25 heavy (non-hydrogen) atoms. The third-order valence-electron chi connectivity index (χ3n) is 4.06. The molecule has 1 aromatic rings. The van der Waals surface area contributed by atoms with E-state index in [1.807, 2.05) is 5.32 Å². The predicted molar refractivity (Wildman–Crippen MR) is 84.4 cm³/mol. The monoisotopic (exact) mass is 380 g/mol. The number of amides is 1. The van der Waals surface area contributed by atoms with Gasteiger partial charge in [0.05, 0.1) is 5.69 Å². The van der Waals surface area contributed by atoms with Gasteiger partial charge in [0, 0.05) is 13.1 Å². The third-order valence-corrected chi connectivity index (χ3v) is 6.02. The van der Waals surface area contributed by atoms with Gasteiger partial charge in [-0.15, -0.1) is 0 Å². The minimum atomic E-state index is -5.20. The van der Waals surface area contributed by atoms with E-state index >= 15 is 0 Å². The van der Waals surface area contributed by atoms with Crippen molar-refractivity contribution in [2.45, 2.75) is 42.9 Å². The highest BCUT2D eigenvalue weighted by atomic mass is 32.2. The van der Waals surface area contributed by atoms with Crippen LogP contribution in [-0.4, -0.2) is 48.6 Å². The number of nitrogens with one attached hydrogen (secondary N) is 1. The van der Waals surface area contributed by atoms with Gasteiger partial charge in [-0.1, -0.05) is 18.6 Å². The second-order valence-corrected chi connectivity index (χ2v) is 7.89. The molecular formula is C15H19F3N2O4S. The largest absolute Gasteiger partial charge is 0.426 e. The predicted octanol–water partition coefficient (Wildman–Crippen LogP) is 2.11. The Balaban J connectivity index is 2.34. The average Bonchev–Trinajstić information content (AvgIpc) is 2.55. The topological polar surface area (TPSA) is 86.7 Å². The summed E-state index contributed by atoms with van der Waals surface area (Å²) in [7, 11) is -3.96. The Hall–Kier alpha value is -1.65. The highest BCUT2D eigenvalue weighted by molar-refractivity contribution is 7.89. The van der Waals surface area contributed by atoms with E-state index < -0.39 is 27.7 Å². The van der Waals surface area contributed by atoms with Crippen LogP contribution in [0.25, 0.3) is 0 Å². The number of rotatable bonds is 4. The molecule has 1 saturated heterocycles. The summed E-state index contributed by atoms with van der Waals surface area (Å²) >= 11 is 0. The Kier molecular flexibility index (Phi) is 5.45. The molecule has 1 amide bonds. The molecule has 140 valence electrons. The molecule has 2 rings (SSSR count). The van der Waals surface area contributed by atoms with Crippen molar-refractivity contribution in [3.63, 3.8) is 0 Å². The molecule has 1 atom stereocenters. The summed E-state index contributed by atoms with van der Waals surface area (Å²) in [4.78, 5) is 11.5. The fourth-order valence-electron chi connectivity index (χ4n) is 2.41. The van der Waals surface area contributed by atoms with Crippen molar-refractivity contribution in [1.82, 2.24) is 4.31 Å². The summed E-state index contributed by atoms with van der Waals surface area (Å²) in [6, 6.07) is 5.19. The van der Waals surface area contributed by atoms with Crippen LogP contribution in [0, 0.1) is 0 Å². The van der Waals surface area contributed by atoms with Gasteiger partial charge in [0.15, 0.2) is 0 Å². The Labute approximate surface area is 143 Å². The van der Waals surface area contributed by atoms with Crippen molar-refractivity contribution in [2.24, 2.45) is 0 Å². The first-order valence-electron chi connectivity index (χ1n) is 7.67. The number of piperidine rings is 1. The molecule has 2 N–H and O–H groups in total. The quantitative estimate of drug-likeness (QED) is 0.838. The fourth-order valence-corrected chi connectivity index (χ4v) is 4.08. The molecule has 0 bridgehead atoms. The van der Waals surface area contributed by atoms with Crippen molar-refractivity contribution in [2.75, 3.05) is 18.4 Å². The molecular weight excluding hydrogens is 361 g/mol. The van der Waals surface area contributed by atoms with Crippen LogP contribution < -0.4 is 5.32 Å². The number of alkyl halides is 3. The van der Waals surface area contributed by atoms with Crippen LogP contribution >= 0.6 is 0 Å². The van der Waals surface area contributed by atoms with Gasteiger partial charge in [-0.2, -0.15) is 17.5 Å². The lowest BCUT2D eigenvalue weighted by Gasteiger charge is -2.28. The van der Waals surface area contributed by atoms with E-state index in [0.29, 0.717) is 32.9 Å². The van der Waals surface area contributed by atoms with Crippen LogP contribution in [0.5, 0.6) is 0 Å². The molecule has 0 saturated carbocycles. The number of carbonyl (C=O) groups is 1. The molecule has 1 fully saturated rings. The SMILES string of the molecule is CC(O)(C(=O)Nc1ccccc1S(=O)(=O)N1CCCCC1)C(F)(F)F. The second-order valence-electron chi connectivity index (χ2n) is 5.99. The summed E-state index contributed by atoms with van der Waals surface area (Å²) in [5, 5.41) is 11.3. The Morgan fingerprint density at radius 1 is 1.16 bits per heavy atom. The van der Waals surface area contributed by atoms with Crippen LogP contribution in [-0.2, 0) is 14.8 Å². The molecule has 0 aliphatic carbocycles. The number of hydrogen-bond donors (Lipinski definition) is 2. The number of para-hydroxylation sites is 1. The Morgan fingerprint density at radius 3 is 2.28 bits per heavy atom. The van der Waals surface area contributed by atoms with Gasteiger partial charge in [0.25, 0.3) is 5.91 Å². The standard InChI is InChI=1S/C15H19F3N2O4S/c1-14(22,15(16,17)18)13(21)19-11-7-3-4-8-12(11)25(23,24)20-9-5-2-6-10-20/h3-4,7-8,22H,2,5-6,9-10H2,1H3,(H,19,21). The van der Waals surface area contributed by atoms with Crippen LogP contribution in [0.4, 0.5) is 18.9 Å². The first kappa shape index (κ1) is 19.7. The lowest BCUT2D eigenvalue weighted by molar-refractivity contribution is -0.242. The molecule has 0 aromatic heterocycles. The summed E-state index contributed by atoms with van der Waals surface area (Å²) in [6.45, 7) is 0.930. The Bertz CT molecular complexity index is 741. The highest BCUT2D eigenvalue weighted by Gasteiger charge is 2.56. The van der Waals surface area contributed by atoms with Crippen molar-refractivity contribution >= 4 is 21.6 Å². The molecule has 6 nitrogen and oxygen atoms in total. The van der Waals surface area contributed by atoms with Gasteiger partial charge < -0.3 is 10.4 Å². The third kappa shape index (κ3) is 3.96. The molecule has 0 radical (unpaired) electrons. The lowest BCUT2D eigenvalue weighted by atomic mass is 10.1. The normalized spacial score (nSPS) is 19.2. The zero-order valence-electron chi connectivity index (χ0n) is 13.5. The van der Waals surface area contributed by atoms with Crippen LogP contribution in [0.3, 0.4) is 0 Å². The summed E-state index contributed by atoms with van der Waals surface area (Å²) in [6.07, 6.45) is -2.91. The molecule has 1 aromatic carbocycles. The number of carbonyl (C=O) groups excluding carboxylic acids is 1. The van der Waals surface area contributed by atoms with Crippen molar-refractivity contribution in [3.8, 4) is 0 Å². The zero-order valence-corrected chi connectivity index (χ0v) is 14.3. The fraction of sp³-hybridized carbons (Fsp3) is 0.533. The summed E-state index contributed by atoms with van der Waals surface area (Å²) in [5.41, 5.74) is -3.95. The van der Waals surface area contributed by atoms with Crippen molar-refractivity contribution < 1.29 is 31.5 Å². The number of hydrogen-bond acceptors (Lipinski definition) is 4. The first-order chi connectivity index (χ1) is 11.5. The second kappa shape index (κ2) is 6.93. The van der Waals surface area contributed by atoms with E-state index in [4.69, 9.17) is 0 Å². The van der Waals surface area contributed by atoms with Gasteiger partial charge >= 0.3 is 6.18 Å². The van der Waals surface area contributed by atoms with Gasteiger partial charge in [0.2, 0.25) is 15.6 Å². The number of halogens is 3. The smallest absolute Gasteiger partial charge is 0.373 e. The van der Waals surface area contributed by atoms with E-state index in [2.05, 4.69) is 0 Å². The lowest BCUT2D eigenvalue weighted by Crippen LogP contribution is -2.52. The highest BCUT2D eigenvalue weighted by Crippen LogP contribution is 2.32. The average molecular weight is 380 g/mol. The number of nitrogens with zero attached hydrogens (tertiary/aromatic N) is 1. The van der Waals surface area contributed by atoms with Crippen LogP contribution in [0.1, 0.15) is 26.2 Å². The first-order valence-corrected chi connectivity index (χ1v) is 9.11. The van der Waals surface area contributed by atoms with E-state index in [0.717, 1.165) is 6.42 Å². The molecule has 1 aliphatic rings. The maximum absolute atomic E-state index is 12.8. The minimum absolute atomic E-state index is 0.303. The van der Waals surface area contributed by atoms with Gasteiger partial charge in [-0.3, -0.25) is 4.79 Å². The number of aliphatic hydroxyl groups is 1. The van der Waals surface area contributed by atoms with Crippen LogP contribution in [0.15, 0.2) is 29.2 Å². The van der Waals surface area contributed by atoms with Crippen LogP contribution in [0.2, 0.25) is 0 Å². The summed E-state index contributed by atoms with van der Waals surface area (Å²) < 4.78 is 65.0. The maximum atomic E-state index is 12.8. The van der Waals surface area contributed by atoms with E-state index in [9.17, 15) is 31.5 Å². The zero-order chi connectivity index (χ0) is 18.9. The molecule has 1 heterocycles.